The molecule has 0 saturated heterocycles. The van der Waals surface area contributed by atoms with Crippen LogP contribution in [0, 0.1) is 0 Å². The van der Waals surface area contributed by atoms with E-state index in [0.717, 1.165) is 12.1 Å². The van der Waals surface area contributed by atoms with Crippen molar-refractivity contribution in [2.75, 3.05) is 11.1 Å². The maximum atomic E-state index is 12.8. The second kappa shape index (κ2) is 7.39. The molecule has 4 rings (SSSR count). The number of hydrogen-bond acceptors (Lipinski definition) is 5. The molecule has 152 valence electrons. The van der Waals surface area contributed by atoms with E-state index >= 15 is 0 Å². The fraction of sp³-hybridized carbons (Fsp3) is 0.0500. The fourth-order valence-corrected chi connectivity index (χ4v) is 2.70. The van der Waals surface area contributed by atoms with Gasteiger partial charge in [-0.2, -0.15) is 13.2 Å². The summed E-state index contributed by atoms with van der Waals surface area (Å²) in [5.74, 6) is 0.174. The van der Waals surface area contributed by atoms with Crippen LogP contribution in [0.25, 0.3) is 5.65 Å². The smallest absolute Gasteiger partial charge is 0.416 e. The number of aromatic nitrogens is 3. The van der Waals surface area contributed by atoms with Gasteiger partial charge in [-0.25, -0.2) is 9.50 Å². The fourth-order valence-electron chi connectivity index (χ4n) is 2.70. The Morgan fingerprint density at radius 1 is 1.07 bits per heavy atom. The van der Waals surface area contributed by atoms with Crippen LogP contribution in [-0.4, -0.2) is 20.5 Å². The molecule has 0 radical (unpaired) electrons. The highest BCUT2D eigenvalue weighted by molar-refractivity contribution is 6.04. The van der Waals surface area contributed by atoms with Crippen LogP contribution in [0.3, 0.4) is 0 Å². The zero-order chi connectivity index (χ0) is 21.3. The Hall–Kier alpha value is -4.08. The highest BCUT2D eigenvalue weighted by Crippen LogP contribution is 2.29. The minimum absolute atomic E-state index is 0.131. The quantitative estimate of drug-likeness (QED) is 0.485. The SMILES string of the molecule is Nc1cccc(Oc2ccc3nc(NC(=O)c4cccc(C(F)(F)F)c4)cn3n2)c1. The second-order valence-electron chi connectivity index (χ2n) is 6.31. The number of halogens is 3. The van der Waals surface area contributed by atoms with E-state index in [1.54, 1.807) is 36.4 Å². The van der Waals surface area contributed by atoms with Crippen molar-refractivity contribution in [2.24, 2.45) is 0 Å². The monoisotopic (exact) mass is 413 g/mol. The molecule has 0 aliphatic heterocycles. The number of carbonyl (C=O) groups is 1. The van der Waals surface area contributed by atoms with Crippen molar-refractivity contribution in [3.05, 3.63) is 78.0 Å². The number of imidazole rings is 1. The number of nitrogens with zero attached hydrogens (tertiary/aromatic N) is 3. The Bertz CT molecular complexity index is 1240. The summed E-state index contributed by atoms with van der Waals surface area (Å²) in [4.78, 5) is 16.5. The number of nitrogen functional groups attached to an aromatic ring is 1. The molecule has 2 heterocycles. The van der Waals surface area contributed by atoms with Gasteiger partial charge in [-0.1, -0.05) is 12.1 Å². The maximum absolute atomic E-state index is 12.8. The van der Waals surface area contributed by atoms with Crippen molar-refractivity contribution in [2.45, 2.75) is 6.18 Å². The summed E-state index contributed by atoms with van der Waals surface area (Å²) in [6, 6.07) is 14.2. The molecule has 10 heteroatoms. The van der Waals surface area contributed by atoms with Crippen molar-refractivity contribution in [1.82, 2.24) is 14.6 Å². The van der Waals surface area contributed by atoms with Gasteiger partial charge in [0, 0.05) is 23.4 Å². The highest BCUT2D eigenvalue weighted by atomic mass is 19.4. The summed E-state index contributed by atoms with van der Waals surface area (Å²) in [6.45, 7) is 0. The molecule has 0 aliphatic rings. The Kier molecular flexibility index (Phi) is 4.74. The average Bonchev–Trinajstić information content (AvgIpc) is 3.09. The van der Waals surface area contributed by atoms with Gasteiger partial charge >= 0.3 is 6.18 Å². The summed E-state index contributed by atoms with van der Waals surface area (Å²) < 4.78 is 45.5. The third-order valence-corrected chi connectivity index (χ3v) is 4.07. The molecule has 0 unspecified atom stereocenters. The third-order valence-electron chi connectivity index (χ3n) is 4.07. The number of hydrogen-bond donors (Lipinski definition) is 2. The molecule has 0 spiro atoms. The molecule has 3 N–H and O–H groups in total. The third kappa shape index (κ3) is 4.17. The van der Waals surface area contributed by atoms with Gasteiger partial charge in [0.2, 0.25) is 5.88 Å². The van der Waals surface area contributed by atoms with Crippen molar-refractivity contribution in [3.8, 4) is 11.6 Å². The molecule has 1 amide bonds. The van der Waals surface area contributed by atoms with Crippen LogP contribution in [-0.2, 0) is 6.18 Å². The largest absolute Gasteiger partial charge is 0.438 e. The second-order valence-corrected chi connectivity index (χ2v) is 6.31. The van der Waals surface area contributed by atoms with Crippen molar-refractivity contribution in [3.63, 3.8) is 0 Å². The number of rotatable bonds is 4. The number of carbonyl (C=O) groups excluding carboxylic acids is 1. The van der Waals surface area contributed by atoms with Gasteiger partial charge in [-0.15, -0.1) is 5.10 Å². The molecule has 30 heavy (non-hydrogen) atoms. The molecule has 7 nitrogen and oxygen atoms in total. The number of nitrogens with two attached hydrogens (primary N) is 1. The van der Waals surface area contributed by atoms with Gasteiger partial charge in [0.15, 0.2) is 11.5 Å². The molecule has 2 aromatic heterocycles. The lowest BCUT2D eigenvalue weighted by Gasteiger charge is -2.08. The molecule has 4 aromatic rings. The molecule has 0 aliphatic carbocycles. The van der Waals surface area contributed by atoms with Crippen LogP contribution >= 0.6 is 0 Å². The topological polar surface area (TPSA) is 94.5 Å². The Morgan fingerprint density at radius 2 is 1.87 bits per heavy atom. The molecule has 0 atom stereocenters. The van der Waals surface area contributed by atoms with Crippen molar-refractivity contribution < 1.29 is 22.7 Å². The Morgan fingerprint density at radius 3 is 2.63 bits per heavy atom. The number of ether oxygens (including phenoxy) is 1. The number of alkyl halides is 3. The summed E-state index contributed by atoms with van der Waals surface area (Å²) in [5.41, 5.74) is 5.62. The Balaban J connectivity index is 1.53. The number of benzene rings is 2. The predicted molar refractivity (Wildman–Crippen MR) is 103 cm³/mol. The lowest BCUT2D eigenvalue weighted by atomic mass is 10.1. The van der Waals surface area contributed by atoms with E-state index in [4.69, 9.17) is 10.5 Å². The van der Waals surface area contributed by atoms with Crippen LogP contribution < -0.4 is 15.8 Å². The molecule has 0 bridgehead atoms. The summed E-state index contributed by atoms with van der Waals surface area (Å²) >= 11 is 0. The van der Waals surface area contributed by atoms with Gasteiger partial charge in [-0.3, -0.25) is 4.79 Å². The molecular weight excluding hydrogens is 399 g/mol. The first kappa shape index (κ1) is 19.2. The van der Waals surface area contributed by atoms with Gasteiger partial charge < -0.3 is 15.8 Å². The van der Waals surface area contributed by atoms with Gasteiger partial charge in [0.1, 0.15) is 5.75 Å². The van der Waals surface area contributed by atoms with E-state index < -0.39 is 17.6 Å². The molecule has 2 aromatic carbocycles. The van der Waals surface area contributed by atoms with E-state index in [9.17, 15) is 18.0 Å². The van der Waals surface area contributed by atoms with Crippen LogP contribution in [0.4, 0.5) is 24.7 Å². The lowest BCUT2D eigenvalue weighted by molar-refractivity contribution is -0.137. The zero-order valence-corrected chi connectivity index (χ0v) is 15.2. The van der Waals surface area contributed by atoms with Crippen LogP contribution in [0.5, 0.6) is 11.6 Å². The molecule has 0 saturated carbocycles. The summed E-state index contributed by atoms with van der Waals surface area (Å²) in [6.07, 6.45) is -3.11. The van der Waals surface area contributed by atoms with E-state index in [0.29, 0.717) is 17.1 Å². The number of fused-ring (bicyclic) bond motifs is 1. The highest BCUT2D eigenvalue weighted by Gasteiger charge is 2.30. The van der Waals surface area contributed by atoms with Gasteiger partial charge in [0.25, 0.3) is 5.91 Å². The van der Waals surface area contributed by atoms with E-state index in [1.807, 2.05) is 0 Å². The molecule has 0 fully saturated rings. The minimum atomic E-state index is -4.54. The zero-order valence-electron chi connectivity index (χ0n) is 15.2. The normalized spacial score (nSPS) is 11.4. The van der Waals surface area contributed by atoms with Gasteiger partial charge in [0.05, 0.1) is 11.8 Å². The van der Waals surface area contributed by atoms with Crippen LogP contribution in [0.2, 0.25) is 0 Å². The number of nitrogens with one attached hydrogen (secondary N) is 1. The minimum Gasteiger partial charge on any atom is -0.438 e. The number of amides is 1. The standard InChI is InChI=1S/C20H14F3N5O2/c21-20(22,23)13-4-1-3-12(9-13)19(29)26-16-11-28-17(25-16)7-8-18(27-28)30-15-6-2-5-14(24)10-15/h1-11H,24H2,(H,26,29). The average molecular weight is 413 g/mol. The summed E-state index contributed by atoms with van der Waals surface area (Å²) in [7, 11) is 0. The first-order valence-corrected chi connectivity index (χ1v) is 8.66. The van der Waals surface area contributed by atoms with Gasteiger partial charge in [-0.05, 0) is 36.4 Å². The Labute approximate surface area is 167 Å². The number of anilines is 2. The van der Waals surface area contributed by atoms with Crippen molar-refractivity contribution in [1.29, 1.82) is 0 Å². The van der Waals surface area contributed by atoms with E-state index in [2.05, 4.69) is 15.4 Å². The predicted octanol–water partition coefficient (Wildman–Crippen LogP) is 4.37. The molecular formula is C20H14F3N5O2. The summed E-state index contributed by atoms with van der Waals surface area (Å²) in [5, 5.41) is 6.71. The maximum Gasteiger partial charge on any atom is 0.416 e. The van der Waals surface area contributed by atoms with Crippen molar-refractivity contribution >= 4 is 23.1 Å². The van der Waals surface area contributed by atoms with E-state index in [1.165, 1.54) is 22.8 Å². The first-order valence-electron chi connectivity index (χ1n) is 8.66. The van der Waals surface area contributed by atoms with Crippen LogP contribution in [0.15, 0.2) is 66.9 Å². The lowest BCUT2D eigenvalue weighted by Crippen LogP contribution is -2.14. The van der Waals surface area contributed by atoms with E-state index in [-0.39, 0.29) is 17.3 Å². The first-order chi connectivity index (χ1) is 14.3. The van der Waals surface area contributed by atoms with Crippen LogP contribution in [0.1, 0.15) is 15.9 Å².